The van der Waals surface area contributed by atoms with Crippen molar-refractivity contribution in [2.45, 2.75) is 32.9 Å². The molecule has 1 saturated heterocycles. The zero-order chi connectivity index (χ0) is 20.4. The van der Waals surface area contributed by atoms with Gasteiger partial charge in [-0.05, 0) is 39.0 Å². The smallest absolute Gasteiger partial charge is 0.157 e. The molecule has 0 atom stereocenters. The van der Waals surface area contributed by atoms with Crippen LogP contribution in [0, 0.1) is 0 Å². The molecule has 3 aromatic rings. The number of aromatic nitrogens is 3. The lowest BCUT2D eigenvalue weighted by Crippen LogP contribution is -2.35. The summed E-state index contributed by atoms with van der Waals surface area (Å²) in [5.74, 6) is 1.87. The average molecular weight is 396 g/mol. The molecule has 1 aromatic carbocycles. The third kappa shape index (κ3) is 4.36. The number of benzene rings is 1. The molecule has 1 N–H and O–H groups in total. The maximum absolute atomic E-state index is 5.64. The number of hydrogen-bond acceptors (Lipinski definition) is 6. The summed E-state index contributed by atoms with van der Waals surface area (Å²) in [5, 5.41) is 3.62. The summed E-state index contributed by atoms with van der Waals surface area (Å²) in [7, 11) is 1.72. The number of fused-ring (bicyclic) bond motifs is 1. The van der Waals surface area contributed by atoms with E-state index in [0.29, 0.717) is 0 Å². The van der Waals surface area contributed by atoms with Gasteiger partial charge in [0.1, 0.15) is 17.3 Å². The molecule has 1 fully saturated rings. The molecule has 0 unspecified atom stereocenters. The number of nitrogens with zero attached hydrogens (tertiary/aromatic N) is 4. The van der Waals surface area contributed by atoms with Crippen molar-refractivity contribution in [3.8, 4) is 17.0 Å². The highest BCUT2D eigenvalue weighted by atomic mass is 16.5. The molecule has 0 bridgehead atoms. The minimum Gasteiger partial charge on any atom is -0.496 e. The Balaban J connectivity index is 1.76. The van der Waals surface area contributed by atoms with E-state index in [0.717, 1.165) is 66.9 Å². The molecule has 29 heavy (non-hydrogen) atoms. The molecule has 0 amide bonds. The van der Waals surface area contributed by atoms with Crippen LogP contribution in [0.5, 0.6) is 5.75 Å². The van der Waals surface area contributed by atoms with Crippen LogP contribution in [0.3, 0.4) is 0 Å². The van der Waals surface area contributed by atoms with Gasteiger partial charge < -0.3 is 14.8 Å². The third-order valence-corrected chi connectivity index (χ3v) is 4.98. The molecule has 1 aliphatic heterocycles. The Morgan fingerprint density at radius 2 is 2.00 bits per heavy atom. The van der Waals surface area contributed by atoms with E-state index in [1.54, 1.807) is 19.5 Å². The molecule has 0 spiro atoms. The van der Waals surface area contributed by atoms with Gasteiger partial charge in [-0.15, -0.1) is 0 Å². The van der Waals surface area contributed by atoms with E-state index in [9.17, 15) is 0 Å². The van der Waals surface area contributed by atoms with Crippen LogP contribution < -0.4 is 10.1 Å². The Kier molecular flexibility index (Phi) is 5.43. The number of ether oxygens (including phenoxy) is 2. The average Bonchev–Trinajstić information content (AvgIpc) is 3.06. The van der Waals surface area contributed by atoms with Crippen LogP contribution in [-0.4, -0.2) is 58.2 Å². The maximum atomic E-state index is 5.64. The summed E-state index contributed by atoms with van der Waals surface area (Å²) < 4.78 is 13.2. The Hall–Kier alpha value is -2.64. The molecule has 154 valence electrons. The molecule has 0 radical (unpaired) electrons. The Labute approximate surface area is 171 Å². The highest BCUT2D eigenvalue weighted by Crippen LogP contribution is 2.33. The van der Waals surface area contributed by atoms with Crippen molar-refractivity contribution < 1.29 is 9.47 Å². The zero-order valence-corrected chi connectivity index (χ0v) is 17.6. The van der Waals surface area contributed by atoms with Crippen molar-refractivity contribution >= 4 is 11.5 Å². The molecule has 4 rings (SSSR count). The summed E-state index contributed by atoms with van der Waals surface area (Å²) in [6, 6.07) is 6.30. The predicted octanol–water partition coefficient (Wildman–Crippen LogP) is 3.45. The van der Waals surface area contributed by atoms with Crippen LogP contribution >= 0.6 is 0 Å². The quantitative estimate of drug-likeness (QED) is 0.714. The molecule has 0 aliphatic carbocycles. The van der Waals surface area contributed by atoms with Crippen molar-refractivity contribution in [2.24, 2.45) is 0 Å². The fourth-order valence-electron chi connectivity index (χ4n) is 3.63. The van der Waals surface area contributed by atoms with Gasteiger partial charge in [0.05, 0.1) is 26.5 Å². The van der Waals surface area contributed by atoms with Gasteiger partial charge in [0, 0.05) is 48.7 Å². The van der Waals surface area contributed by atoms with Crippen LogP contribution in [0.25, 0.3) is 16.9 Å². The second-order valence-electron chi connectivity index (χ2n) is 8.40. The van der Waals surface area contributed by atoms with Gasteiger partial charge in [-0.3, -0.25) is 14.3 Å². The van der Waals surface area contributed by atoms with Crippen LogP contribution in [0.1, 0.15) is 26.3 Å². The Bertz CT molecular complexity index is 987. The second kappa shape index (κ2) is 8.00. The largest absolute Gasteiger partial charge is 0.496 e. The lowest BCUT2D eigenvalue weighted by atomic mass is 10.0. The van der Waals surface area contributed by atoms with Crippen LogP contribution in [0.15, 0.2) is 36.8 Å². The lowest BCUT2D eigenvalue weighted by molar-refractivity contribution is 0.0339. The van der Waals surface area contributed by atoms with Gasteiger partial charge in [-0.2, -0.15) is 0 Å². The number of imidazole rings is 1. The van der Waals surface area contributed by atoms with E-state index < -0.39 is 0 Å². The van der Waals surface area contributed by atoms with Gasteiger partial charge in [-0.1, -0.05) is 0 Å². The number of nitrogens with one attached hydrogen (secondary N) is 1. The minimum atomic E-state index is -0.100. The summed E-state index contributed by atoms with van der Waals surface area (Å²) in [6.07, 6.45) is 5.51. The molecule has 7 heteroatoms. The summed E-state index contributed by atoms with van der Waals surface area (Å²) in [6.45, 7) is 10.7. The molecular weight excluding hydrogens is 366 g/mol. The van der Waals surface area contributed by atoms with Gasteiger partial charge >= 0.3 is 0 Å². The van der Waals surface area contributed by atoms with E-state index >= 15 is 0 Å². The van der Waals surface area contributed by atoms with Crippen molar-refractivity contribution in [2.75, 3.05) is 38.7 Å². The number of rotatable bonds is 5. The van der Waals surface area contributed by atoms with E-state index in [1.807, 2.05) is 12.3 Å². The van der Waals surface area contributed by atoms with E-state index in [1.165, 1.54) is 0 Å². The second-order valence-corrected chi connectivity index (χ2v) is 8.40. The van der Waals surface area contributed by atoms with E-state index in [2.05, 4.69) is 52.5 Å². The van der Waals surface area contributed by atoms with Gasteiger partial charge in [-0.25, -0.2) is 4.98 Å². The first kappa shape index (κ1) is 19.7. The van der Waals surface area contributed by atoms with E-state index in [-0.39, 0.29) is 5.54 Å². The number of methoxy groups -OCH3 is 1. The van der Waals surface area contributed by atoms with Crippen LogP contribution in [0.4, 0.5) is 5.82 Å². The Morgan fingerprint density at radius 3 is 2.72 bits per heavy atom. The molecule has 3 heterocycles. The molecule has 2 aromatic heterocycles. The third-order valence-electron chi connectivity index (χ3n) is 4.98. The highest BCUT2D eigenvalue weighted by Gasteiger charge is 2.21. The predicted molar refractivity (Wildman–Crippen MR) is 114 cm³/mol. The maximum Gasteiger partial charge on any atom is 0.157 e. The monoisotopic (exact) mass is 395 g/mol. The standard InChI is InChI=1S/C22H29N5O2/c1-22(2,3)25-21-20(24-19-14-23-7-8-27(19)21)16-5-6-18(28-4)17(13-16)15-26-9-11-29-12-10-26/h5-8,13-14,25H,9-12,15H2,1-4H3. The van der Waals surface area contributed by atoms with Gasteiger partial charge in [0.2, 0.25) is 0 Å². The Morgan fingerprint density at radius 1 is 1.21 bits per heavy atom. The van der Waals surface area contributed by atoms with Crippen molar-refractivity contribution in [1.82, 2.24) is 19.3 Å². The normalized spacial score (nSPS) is 15.6. The number of morpholine rings is 1. The molecule has 7 nitrogen and oxygen atoms in total. The molecule has 0 saturated carbocycles. The zero-order valence-electron chi connectivity index (χ0n) is 17.6. The molecular formula is C22H29N5O2. The van der Waals surface area contributed by atoms with Crippen LogP contribution in [-0.2, 0) is 11.3 Å². The summed E-state index contributed by atoms with van der Waals surface area (Å²) in [4.78, 5) is 11.5. The molecule has 1 aliphatic rings. The van der Waals surface area contributed by atoms with Crippen LogP contribution in [0.2, 0.25) is 0 Å². The fourth-order valence-corrected chi connectivity index (χ4v) is 3.63. The summed E-state index contributed by atoms with van der Waals surface area (Å²) >= 11 is 0. The van der Waals surface area contributed by atoms with Crippen molar-refractivity contribution in [3.63, 3.8) is 0 Å². The minimum absolute atomic E-state index is 0.100. The summed E-state index contributed by atoms with van der Waals surface area (Å²) in [5.41, 5.74) is 3.85. The van der Waals surface area contributed by atoms with E-state index in [4.69, 9.17) is 14.5 Å². The number of anilines is 1. The number of hydrogen-bond donors (Lipinski definition) is 1. The lowest BCUT2D eigenvalue weighted by Gasteiger charge is -2.27. The highest BCUT2D eigenvalue weighted by molar-refractivity contribution is 5.77. The van der Waals surface area contributed by atoms with Crippen molar-refractivity contribution in [3.05, 3.63) is 42.4 Å². The topological polar surface area (TPSA) is 63.9 Å². The first-order chi connectivity index (χ1) is 13.9. The first-order valence-corrected chi connectivity index (χ1v) is 10.0. The van der Waals surface area contributed by atoms with Gasteiger partial charge in [0.15, 0.2) is 5.65 Å². The fraction of sp³-hybridized carbons (Fsp3) is 0.455. The van der Waals surface area contributed by atoms with Gasteiger partial charge in [0.25, 0.3) is 0 Å². The first-order valence-electron chi connectivity index (χ1n) is 10.0. The SMILES string of the molecule is COc1ccc(-c2nc3cnccn3c2NC(C)(C)C)cc1CN1CCOCC1. The van der Waals surface area contributed by atoms with Crippen molar-refractivity contribution in [1.29, 1.82) is 0 Å².